The maximum atomic E-state index is 9.44. The first kappa shape index (κ1) is 8.97. The number of rotatable bonds is 2. The summed E-state index contributed by atoms with van der Waals surface area (Å²) in [7, 11) is 1.65. The summed E-state index contributed by atoms with van der Waals surface area (Å²) in [5, 5.41) is 9.44. The summed E-state index contributed by atoms with van der Waals surface area (Å²) >= 11 is 0. The van der Waals surface area contributed by atoms with E-state index in [0.717, 1.165) is 13.1 Å². The van der Waals surface area contributed by atoms with Gasteiger partial charge in [-0.25, -0.2) is 0 Å². The Morgan fingerprint density at radius 2 is 2.09 bits per heavy atom. The highest BCUT2D eigenvalue weighted by Crippen LogP contribution is 2.14. The fraction of sp³-hybridized carbons (Fsp3) is 1.00. The standard InChI is InChI=1S/C8H17NO2/c1-6(2)9-4-7(10)8(5-9)11-3/h6-8,10H,4-5H2,1-3H3/t7-,8-/m0/s1. The Labute approximate surface area is 68.0 Å². The molecular formula is C8H17NO2. The first-order chi connectivity index (χ1) is 5.15. The third kappa shape index (κ3) is 1.92. The fourth-order valence-corrected chi connectivity index (χ4v) is 1.44. The molecule has 1 N–H and O–H groups in total. The van der Waals surface area contributed by atoms with Crippen LogP contribution in [0.2, 0.25) is 0 Å². The topological polar surface area (TPSA) is 32.7 Å². The van der Waals surface area contributed by atoms with Gasteiger partial charge >= 0.3 is 0 Å². The molecule has 3 nitrogen and oxygen atoms in total. The van der Waals surface area contributed by atoms with Crippen LogP contribution < -0.4 is 0 Å². The predicted molar refractivity (Wildman–Crippen MR) is 43.5 cm³/mol. The van der Waals surface area contributed by atoms with Gasteiger partial charge in [0, 0.05) is 26.2 Å². The van der Waals surface area contributed by atoms with Crippen LogP contribution >= 0.6 is 0 Å². The summed E-state index contributed by atoms with van der Waals surface area (Å²) in [5.74, 6) is 0. The van der Waals surface area contributed by atoms with Gasteiger partial charge in [-0.15, -0.1) is 0 Å². The number of likely N-dealkylation sites (tertiary alicyclic amines) is 1. The number of aliphatic hydroxyl groups excluding tert-OH is 1. The van der Waals surface area contributed by atoms with E-state index in [9.17, 15) is 5.11 Å². The Hall–Kier alpha value is -0.120. The number of hydrogen-bond donors (Lipinski definition) is 1. The molecule has 0 aliphatic carbocycles. The zero-order valence-corrected chi connectivity index (χ0v) is 7.45. The molecule has 1 fully saturated rings. The van der Waals surface area contributed by atoms with Crippen molar-refractivity contribution in [1.82, 2.24) is 4.90 Å². The second kappa shape index (κ2) is 3.52. The minimum Gasteiger partial charge on any atom is -0.389 e. The van der Waals surface area contributed by atoms with E-state index in [4.69, 9.17) is 4.74 Å². The van der Waals surface area contributed by atoms with Crippen LogP contribution in [0.3, 0.4) is 0 Å². The van der Waals surface area contributed by atoms with Gasteiger partial charge in [0.2, 0.25) is 0 Å². The Bertz CT molecular complexity index is 127. The van der Waals surface area contributed by atoms with Gasteiger partial charge in [0.1, 0.15) is 0 Å². The average Bonchev–Trinajstić information content (AvgIpc) is 2.31. The Balaban J connectivity index is 2.43. The number of hydrogen-bond acceptors (Lipinski definition) is 3. The smallest absolute Gasteiger partial charge is 0.0969 e. The SMILES string of the molecule is CO[C@H]1CN(C(C)C)C[C@@H]1O. The molecule has 2 atom stereocenters. The highest BCUT2D eigenvalue weighted by atomic mass is 16.5. The third-order valence-electron chi connectivity index (χ3n) is 2.30. The molecule has 0 amide bonds. The number of nitrogens with zero attached hydrogens (tertiary/aromatic N) is 1. The van der Waals surface area contributed by atoms with Gasteiger partial charge in [-0.3, -0.25) is 4.90 Å². The Morgan fingerprint density at radius 3 is 2.36 bits per heavy atom. The largest absolute Gasteiger partial charge is 0.389 e. The van der Waals surface area contributed by atoms with Crippen LogP contribution in [-0.4, -0.2) is 48.5 Å². The molecule has 1 heterocycles. The van der Waals surface area contributed by atoms with Crippen LogP contribution in [0.15, 0.2) is 0 Å². The summed E-state index contributed by atoms with van der Waals surface area (Å²) in [4.78, 5) is 2.22. The molecule has 0 radical (unpaired) electrons. The summed E-state index contributed by atoms with van der Waals surface area (Å²) < 4.78 is 5.11. The van der Waals surface area contributed by atoms with Gasteiger partial charge in [-0.05, 0) is 13.8 Å². The van der Waals surface area contributed by atoms with Crippen LogP contribution in [0.1, 0.15) is 13.8 Å². The molecular weight excluding hydrogens is 142 g/mol. The molecule has 1 saturated heterocycles. The molecule has 0 bridgehead atoms. The molecule has 1 aliphatic rings. The van der Waals surface area contributed by atoms with Crippen LogP contribution in [0.4, 0.5) is 0 Å². The Kier molecular flexibility index (Phi) is 2.87. The Morgan fingerprint density at radius 1 is 1.45 bits per heavy atom. The van der Waals surface area contributed by atoms with Gasteiger partial charge in [0.05, 0.1) is 12.2 Å². The lowest BCUT2D eigenvalue weighted by Gasteiger charge is -2.19. The lowest BCUT2D eigenvalue weighted by Crippen LogP contribution is -2.29. The van der Waals surface area contributed by atoms with E-state index in [2.05, 4.69) is 18.7 Å². The van der Waals surface area contributed by atoms with Gasteiger partial charge in [-0.2, -0.15) is 0 Å². The molecule has 0 saturated carbocycles. The van der Waals surface area contributed by atoms with Crippen molar-refractivity contribution in [2.75, 3.05) is 20.2 Å². The molecule has 0 aromatic carbocycles. The maximum Gasteiger partial charge on any atom is 0.0969 e. The number of aliphatic hydroxyl groups is 1. The molecule has 0 aromatic heterocycles. The van der Waals surface area contributed by atoms with E-state index in [1.54, 1.807) is 7.11 Å². The van der Waals surface area contributed by atoms with Crippen molar-refractivity contribution in [3.8, 4) is 0 Å². The first-order valence-corrected chi connectivity index (χ1v) is 4.10. The molecule has 1 rings (SSSR count). The summed E-state index contributed by atoms with van der Waals surface area (Å²) in [6, 6.07) is 0.504. The first-order valence-electron chi connectivity index (χ1n) is 4.10. The van der Waals surface area contributed by atoms with Crippen molar-refractivity contribution in [2.24, 2.45) is 0 Å². The molecule has 0 aromatic rings. The summed E-state index contributed by atoms with van der Waals surface area (Å²) in [5.41, 5.74) is 0. The summed E-state index contributed by atoms with van der Waals surface area (Å²) in [6.07, 6.45) is -0.292. The second-order valence-electron chi connectivity index (χ2n) is 3.39. The van der Waals surface area contributed by atoms with Crippen molar-refractivity contribution in [1.29, 1.82) is 0 Å². The van der Waals surface area contributed by atoms with E-state index < -0.39 is 0 Å². The van der Waals surface area contributed by atoms with Crippen molar-refractivity contribution in [3.63, 3.8) is 0 Å². The lowest BCUT2D eigenvalue weighted by molar-refractivity contribution is 0.0214. The van der Waals surface area contributed by atoms with E-state index in [1.807, 2.05) is 0 Å². The minimum absolute atomic E-state index is 0.0115. The number of β-amino-alcohol motifs (C(OH)–C–C–N with tert-alkyl or cyclic N) is 1. The normalized spacial score (nSPS) is 33.5. The quantitative estimate of drug-likeness (QED) is 0.619. The molecule has 66 valence electrons. The van der Waals surface area contributed by atoms with Crippen molar-refractivity contribution in [2.45, 2.75) is 32.1 Å². The van der Waals surface area contributed by atoms with Crippen molar-refractivity contribution in [3.05, 3.63) is 0 Å². The summed E-state index contributed by atoms with van der Waals surface area (Å²) in [6.45, 7) is 5.86. The van der Waals surface area contributed by atoms with E-state index >= 15 is 0 Å². The molecule has 3 heteroatoms. The number of ether oxygens (including phenoxy) is 1. The highest BCUT2D eigenvalue weighted by Gasteiger charge is 2.32. The fourth-order valence-electron chi connectivity index (χ4n) is 1.44. The van der Waals surface area contributed by atoms with Crippen LogP contribution in [0.25, 0.3) is 0 Å². The average molecular weight is 159 g/mol. The van der Waals surface area contributed by atoms with Crippen molar-refractivity contribution < 1.29 is 9.84 Å². The zero-order valence-electron chi connectivity index (χ0n) is 7.45. The monoisotopic (exact) mass is 159 g/mol. The molecule has 1 aliphatic heterocycles. The molecule has 0 unspecified atom stereocenters. The van der Waals surface area contributed by atoms with E-state index in [1.165, 1.54) is 0 Å². The van der Waals surface area contributed by atoms with Gasteiger partial charge in [-0.1, -0.05) is 0 Å². The predicted octanol–water partition coefficient (Wildman–Crippen LogP) is 0.0863. The van der Waals surface area contributed by atoms with Crippen LogP contribution in [-0.2, 0) is 4.74 Å². The molecule has 0 spiro atoms. The minimum atomic E-state index is -0.303. The molecule has 11 heavy (non-hydrogen) atoms. The second-order valence-corrected chi connectivity index (χ2v) is 3.39. The number of methoxy groups -OCH3 is 1. The maximum absolute atomic E-state index is 9.44. The van der Waals surface area contributed by atoms with Gasteiger partial charge in [0.15, 0.2) is 0 Å². The van der Waals surface area contributed by atoms with Gasteiger partial charge in [0.25, 0.3) is 0 Å². The highest BCUT2D eigenvalue weighted by molar-refractivity contribution is 4.85. The third-order valence-corrected chi connectivity index (χ3v) is 2.30. The van der Waals surface area contributed by atoms with Crippen molar-refractivity contribution >= 4 is 0 Å². The van der Waals surface area contributed by atoms with E-state index in [0.29, 0.717) is 6.04 Å². The van der Waals surface area contributed by atoms with Gasteiger partial charge < -0.3 is 9.84 Å². The zero-order chi connectivity index (χ0) is 8.43. The van der Waals surface area contributed by atoms with Crippen LogP contribution in [0.5, 0.6) is 0 Å². The van der Waals surface area contributed by atoms with Crippen LogP contribution in [0, 0.1) is 0 Å². The lowest BCUT2D eigenvalue weighted by atomic mass is 10.3. The van der Waals surface area contributed by atoms with E-state index in [-0.39, 0.29) is 12.2 Å².